The van der Waals surface area contributed by atoms with E-state index in [4.69, 9.17) is 0 Å². The largest absolute Gasteiger partial charge is 0.348 e. The maximum absolute atomic E-state index is 13.4. The molecule has 0 fully saturated rings. The second kappa shape index (κ2) is 10.3. The van der Waals surface area contributed by atoms with Crippen LogP contribution in [0.3, 0.4) is 0 Å². The topological polar surface area (TPSA) is 110 Å². The summed E-state index contributed by atoms with van der Waals surface area (Å²) in [4.78, 5) is 23.6. The van der Waals surface area contributed by atoms with Gasteiger partial charge in [0.25, 0.3) is 15.7 Å². The number of nitrogens with one attached hydrogen (secondary N) is 1. The van der Waals surface area contributed by atoms with Gasteiger partial charge in [0.1, 0.15) is 6.54 Å². The number of aryl methyl sites for hydroxylation is 1. The number of nitrogens with zero attached hydrogens (tertiary/aromatic N) is 2. The third kappa shape index (κ3) is 5.75. The number of rotatable bonds is 9. The summed E-state index contributed by atoms with van der Waals surface area (Å²) in [6.07, 6.45) is 0.608. The van der Waals surface area contributed by atoms with E-state index in [-0.39, 0.29) is 22.3 Å². The Labute approximate surface area is 193 Å². The Morgan fingerprint density at radius 1 is 1.03 bits per heavy atom. The lowest BCUT2D eigenvalue weighted by molar-refractivity contribution is -0.384. The predicted octanol–water partition coefficient (Wildman–Crippen LogP) is 4.37. The molecule has 172 valence electrons. The summed E-state index contributed by atoms with van der Waals surface area (Å²) in [6.45, 7) is 3.36. The predicted molar refractivity (Wildman–Crippen MR) is 126 cm³/mol. The molecule has 9 heteroatoms. The van der Waals surface area contributed by atoms with Gasteiger partial charge in [0, 0.05) is 12.1 Å². The molecule has 1 atom stereocenters. The van der Waals surface area contributed by atoms with Crippen LogP contribution in [-0.2, 0) is 14.8 Å². The summed E-state index contributed by atoms with van der Waals surface area (Å²) in [5.74, 6) is -0.520. The van der Waals surface area contributed by atoms with Crippen molar-refractivity contribution in [1.29, 1.82) is 0 Å². The first-order chi connectivity index (χ1) is 15.7. The van der Waals surface area contributed by atoms with E-state index in [0.29, 0.717) is 6.42 Å². The molecule has 1 N–H and O–H groups in total. The molecule has 0 spiro atoms. The molecule has 8 nitrogen and oxygen atoms in total. The highest BCUT2D eigenvalue weighted by atomic mass is 32.2. The van der Waals surface area contributed by atoms with E-state index in [1.165, 1.54) is 30.3 Å². The van der Waals surface area contributed by atoms with Crippen molar-refractivity contribution in [2.75, 3.05) is 10.8 Å². The lowest BCUT2D eigenvalue weighted by atomic mass is 10.0. The monoisotopic (exact) mass is 467 g/mol. The van der Waals surface area contributed by atoms with Crippen molar-refractivity contribution in [3.63, 3.8) is 0 Å². The maximum atomic E-state index is 13.4. The van der Waals surface area contributed by atoms with Crippen molar-refractivity contribution < 1.29 is 18.1 Å². The van der Waals surface area contributed by atoms with E-state index in [2.05, 4.69) is 5.32 Å². The molecule has 3 rings (SSSR count). The molecule has 0 unspecified atom stereocenters. The zero-order chi connectivity index (χ0) is 24.0. The van der Waals surface area contributed by atoms with Crippen LogP contribution < -0.4 is 9.62 Å². The number of hydrogen-bond donors (Lipinski definition) is 1. The van der Waals surface area contributed by atoms with Crippen LogP contribution >= 0.6 is 0 Å². The number of benzene rings is 3. The zero-order valence-corrected chi connectivity index (χ0v) is 19.2. The van der Waals surface area contributed by atoms with E-state index in [1.807, 2.05) is 38.1 Å². The van der Waals surface area contributed by atoms with Crippen LogP contribution in [0.25, 0.3) is 0 Å². The maximum Gasteiger partial charge on any atom is 0.271 e. The van der Waals surface area contributed by atoms with Crippen molar-refractivity contribution >= 4 is 27.3 Å². The summed E-state index contributed by atoms with van der Waals surface area (Å²) >= 11 is 0. The van der Waals surface area contributed by atoms with E-state index < -0.39 is 27.4 Å². The normalized spacial score (nSPS) is 12.1. The summed E-state index contributed by atoms with van der Waals surface area (Å²) < 4.78 is 27.7. The number of anilines is 1. The molecule has 3 aromatic rings. The minimum atomic E-state index is -4.15. The molecule has 0 aliphatic rings. The lowest BCUT2D eigenvalue weighted by Crippen LogP contribution is -2.42. The van der Waals surface area contributed by atoms with Crippen LogP contribution in [0.1, 0.15) is 30.5 Å². The molecular weight excluding hydrogens is 442 g/mol. The Bertz CT molecular complexity index is 1230. The van der Waals surface area contributed by atoms with Gasteiger partial charge >= 0.3 is 0 Å². The number of carbonyl (C=O) groups is 1. The van der Waals surface area contributed by atoms with E-state index in [9.17, 15) is 23.3 Å². The Hall–Kier alpha value is -3.72. The molecule has 33 heavy (non-hydrogen) atoms. The van der Waals surface area contributed by atoms with Gasteiger partial charge in [0.15, 0.2) is 0 Å². The fourth-order valence-corrected chi connectivity index (χ4v) is 4.82. The first kappa shape index (κ1) is 23.9. The second-order valence-corrected chi connectivity index (χ2v) is 9.40. The molecule has 0 aromatic heterocycles. The Morgan fingerprint density at radius 3 is 2.30 bits per heavy atom. The number of nitro benzene ring substituents is 1. The van der Waals surface area contributed by atoms with Crippen LogP contribution in [0, 0.1) is 17.0 Å². The van der Waals surface area contributed by atoms with Gasteiger partial charge in [-0.15, -0.1) is 0 Å². The van der Waals surface area contributed by atoms with Gasteiger partial charge < -0.3 is 5.32 Å². The molecular formula is C24H25N3O5S. The fraction of sp³-hybridized carbons (Fsp3) is 0.208. The van der Waals surface area contributed by atoms with Gasteiger partial charge in [-0.1, -0.05) is 61.0 Å². The van der Waals surface area contributed by atoms with Gasteiger partial charge in [0.05, 0.1) is 21.5 Å². The van der Waals surface area contributed by atoms with Gasteiger partial charge in [-0.05, 0) is 37.1 Å². The Balaban J connectivity index is 1.94. The average molecular weight is 468 g/mol. The van der Waals surface area contributed by atoms with Crippen molar-refractivity contribution in [1.82, 2.24) is 5.32 Å². The Morgan fingerprint density at radius 2 is 1.70 bits per heavy atom. The quantitative estimate of drug-likeness (QED) is 0.371. The number of non-ortho nitro benzene ring substituents is 1. The molecule has 0 saturated heterocycles. The smallest absolute Gasteiger partial charge is 0.271 e. The highest BCUT2D eigenvalue weighted by Crippen LogP contribution is 2.27. The summed E-state index contributed by atoms with van der Waals surface area (Å²) in [6, 6.07) is 20.3. The van der Waals surface area contributed by atoms with E-state index >= 15 is 0 Å². The van der Waals surface area contributed by atoms with Gasteiger partial charge in [-0.3, -0.25) is 19.2 Å². The first-order valence-corrected chi connectivity index (χ1v) is 11.8. The zero-order valence-electron chi connectivity index (χ0n) is 18.3. The minimum Gasteiger partial charge on any atom is -0.348 e. The molecule has 0 aliphatic heterocycles. The number of nitro groups is 1. The number of amides is 1. The van der Waals surface area contributed by atoms with E-state index in [0.717, 1.165) is 21.5 Å². The number of sulfonamides is 1. The second-order valence-electron chi connectivity index (χ2n) is 7.54. The van der Waals surface area contributed by atoms with Crippen LogP contribution in [0.4, 0.5) is 11.4 Å². The molecule has 1 amide bonds. The molecule has 0 radical (unpaired) electrons. The molecule has 0 bridgehead atoms. The van der Waals surface area contributed by atoms with Gasteiger partial charge in [-0.2, -0.15) is 0 Å². The first-order valence-electron chi connectivity index (χ1n) is 10.4. The van der Waals surface area contributed by atoms with Crippen molar-refractivity contribution in [2.45, 2.75) is 31.2 Å². The standard InChI is InChI=1S/C24H25N3O5S/c1-3-23(19-14-12-18(2)13-15-19)25-24(28)17-26(20-8-7-9-21(16-20)27(29)30)33(31,32)22-10-5-4-6-11-22/h4-16,23H,3,17H2,1-2H3,(H,25,28)/t23-/m0/s1. The fourth-order valence-electron chi connectivity index (χ4n) is 3.39. The summed E-state index contributed by atoms with van der Waals surface area (Å²) in [5, 5.41) is 14.1. The third-order valence-electron chi connectivity index (χ3n) is 5.17. The highest BCUT2D eigenvalue weighted by Gasteiger charge is 2.29. The third-order valence-corrected chi connectivity index (χ3v) is 6.96. The summed E-state index contributed by atoms with van der Waals surface area (Å²) in [5.41, 5.74) is 1.76. The van der Waals surface area contributed by atoms with Crippen LogP contribution in [0.5, 0.6) is 0 Å². The van der Waals surface area contributed by atoms with Crippen molar-refractivity contribution in [3.05, 3.63) is 100 Å². The molecule has 3 aromatic carbocycles. The number of carbonyl (C=O) groups excluding carboxylic acids is 1. The van der Waals surface area contributed by atoms with Crippen LogP contribution in [0.15, 0.2) is 83.8 Å². The Kier molecular flexibility index (Phi) is 7.44. The van der Waals surface area contributed by atoms with Crippen molar-refractivity contribution in [2.24, 2.45) is 0 Å². The number of hydrogen-bond acceptors (Lipinski definition) is 5. The van der Waals surface area contributed by atoms with Crippen molar-refractivity contribution in [3.8, 4) is 0 Å². The van der Waals surface area contributed by atoms with Gasteiger partial charge in [0.2, 0.25) is 5.91 Å². The molecule has 0 heterocycles. The summed E-state index contributed by atoms with van der Waals surface area (Å²) in [7, 11) is -4.15. The highest BCUT2D eigenvalue weighted by molar-refractivity contribution is 7.92. The van der Waals surface area contributed by atoms with Crippen LogP contribution in [-0.4, -0.2) is 25.8 Å². The van der Waals surface area contributed by atoms with Crippen LogP contribution in [0.2, 0.25) is 0 Å². The van der Waals surface area contributed by atoms with E-state index in [1.54, 1.807) is 18.2 Å². The lowest BCUT2D eigenvalue weighted by Gasteiger charge is -2.25. The molecule has 0 saturated carbocycles. The van der Waals surface area contributed by atoms with Gasteiger partial charge in [-0.25, -0.2) is 8.42 Å². The SMILES string of the molecule is CC[C@H](NC(=O)CN(c1cccc([N+](=O)[O-])c1)S(=O)(=O)c1ccccc1)c1ccc(C)cc1. The molecule has 0 aliphatic carbocycles. The minimum absolute atomic E-state index is 0.0186. The average Bonchev–Trinajstić information content (AvgIpc) is 2.82.